The molecule has 1 aliphatic carbocycles. The Balaban J connectivity index is 1.48. The molecule has 3 rings (SSSR count). The van der Waals surface area contributed by atoms with Crippen LogP contribution in [-0.4, -0.2) is 30.3 Å². The van der Waals surface area contributed by atoms with Crippen LogP contribution < -0.4 is 16.0 Å². The fraction of sp³-hybridized carbons (Fsp3) is 0.286. The van der Waals surface area contributed by atoms with Gasteiger partial charge in [-0.3, -0.25) is 14.4 Å². The summed E-state index contributed by atoms with van der Waals surface area (Å²) in [4.78, 5) is 36.4. The average molecular weight is 434 g/mol. The smallest absolute Gasteiger partial charge is 0.251 e. The molecule has 1 aliphatic rings. The summed E-state index contributed by atoms with van der Waals surface area (Å²) in [6, 6.07) is 11.4. The van der Waals surface area contributed by atoms with E-state index < -0.39 is 5.91 Å². The van der Waals surface area contributed by atoms with E-state index in [4.69, 9.17) is 23.2 Å². The normalized spacial score (nSPS) is 13.7. The van der Waals surface area contributed by atoms with Gasteiger partial charge in [0.1, 0.15) is 0 Å². The molecule has 152 valence electrons. The summed E-state index contributed by atoms with van der Waals surface area (Å²) in [5.41, 5.74) is 1.39. The number of hydrogen-bond acceptors (Lipinski definition) is 3. The van der Waals surface area contributed by atoms with Gasteiger partial charge in [-0.25, -0.2) is 0 Å². The van der Waals surface area contributed by atoms with Crippen LogP contribution in [0.5, 0.6) is 0 Å². The molecular weight excluding hydrogens is 413 g/mol. The molecule has 3 N–H and O–H groups in total. The van der Waals surface area contributed by atoms with Gasteiger partial charge in [0.05, 0.1) is 16.6 Å². The minimum Gasteiger partial charge on any atom is -0.349 e. The van der Waals surface area contributed by atoms with Crippen molar-refractivity contribution in [2.75, 3.05) is 11.9 Å². The number of rotatable bonds is 6. The zero-order valence-electron chi connectivity index (χ0n) is 15.6. The van der Waals surface area contributed by atoms with Gasteiger partial charge in [-0.2, -0.15) is 0 Å². The van der Waals surface area contributed by atoms with Crippen LogP contribution in [0.25, 0.3) is 0 Å². The lowest BCUT2D eigenvalue weighted by atomic mass is 10.1. The summed E-state index contributed by atoms with van der Waals surface area (Å²) < 4.78 is 0. The van der Waals surface area contributed by atoms with E-state index in [0.29, 0.717) is 21.8 Å². The molecule has 0 heterocycles. The van der Waals surface area contributed by atoms with Crippen LogP contribution in [-0.2, 0) is 4.79 Å². The lowest BCUT2D eigenvalue weighted by molar-refractivity contribution is -0.115. The van der Waals surface area contributed by atoms with Crippen molar-refractivity contribution in [2.24, 2.45) is 0 Å². The highest BCUT2D eigenvalue weighted by atomic mass is 35.5. The second kappa shape index (κ2) is 9.76. The van der Waals surface area contributed by atoms with E-state index in [-0.39, 0.29) is 29.4 Å². The fourth-order valence-electron chi connectivity index (χ4n) is 3.15. The summed E-state index contributed by atoms with van der Waals surface area (Å²) in [6.07, 6.45) is 4.34. The highest BCUT2D eigenvalue weighted by Gasteiger charge is 2.18. The van der Waals surface area contributed by atoms with Crippen molar-refractivity contribution in [3.05, 3.63) is 63.6 Å². The van der Waals surface area contributed by atoms with Crippen molar-refractivity contribution < 1.29 is 14.4 Å². The van der Waals surface area contributed by atoms with Crippen LogP contribution in [0.1, 0.15) is 46.4 Å². The third kappa shape index (κ3) is 5.95. The first-order valence-corrected chi connectivity index (χ1v) is 10.1. The predicted octanol–water partition coefficient (Wildman–Crippen LogP) is 4.03. The number of hydrogen-bond donors (Lipinski definition) is 3. The van der Waals surface area contributed by atoms with E-state index in [1.54, 1.807) is 24.3 Å². The lowest BCUT2D eigenvalue weighted by Crippen LogP contribution is -2.33. The summed E-state index contributed by atoms with van der Waals surface area (Å²) in [6.45, 7) is -0.205. The third-order valence-electron chi connectivity index (χ3n) is 4.71. The van der Waals surface area contributed by atoms with E-state index >= 15 is 0 Å². The van der Waals surface area contributed by atoms with Crippen LogP contribution in [0.15, 0.2) is 42.5 Å². The Hall–Kier alpha value is -2.57. The molecule has 6 nitrogen and oxygen atoms in total. The first kappa shape index (κ1) is 21.1. The lowest BCUT2D eigenvalue weighted by Gasteiger charge is -2.12. The highest BCUT2D eigenvalue weighted by molar-refractivity contribution is 6.42. The van der Waals surface area contributed by atoms with Crippen molar-refractivity contribution in [1.82, 2.24) is 10.6 Å². The van der Waals surface area contributed by atoms with Crippen molar-refractivity contribution in [1.29, 1.82) is 0 Å². The molecule has 0 spiro atoms. The molecular formula is C21H21Cl2N3O3. The average Bonchev–Trinajstić information content (AvgIpc) is 3.21. The summed E-state index contributed by atoms with van der Waals surface area (Å²) in [5.74, 6) is -0.928. The number of amides is 3. The molecule has 29 heavy (non-hydrogen) atoms. The minimum absolute atomic E-state index is 0.108. The number of anilines is 1. The number of nitrogens with one attached hydrogen (secondary N) is 3. The molecule has 8 heteroatoms. The molecule has 2 aromatic carbocycles. The van der Waals surface area contributed by atoms with Crippen molar-refractivity contribution in [3.63, 3.8) is 0 Å². The monoisotopic (exact) mass is 433 g/mol. The van der Waals surface area contributed by atoms with Gasteiger partial charge in [-0.15, -0.1) is 0 Å². The first-order valence-electron chi connectivity index (χ1n) is 9.36. The number of halogens is 2. The van der Waals surface area contributed by atoms with Crippen LogP contribution in [0.2, 0.25) is 10.0 Å². The van der Waals surface area contributed by atoms with Gasteiger partial charge in [-0.1, -0.05) is 36.0 Å². The molecule has 3 amide bonds. The Morgan fingerprint density at radius 3 is 2.17 bits per heavy atom. The first-order chi connectivity index (χ1) is 13.9. The van der Waals surface area contributed by atoms with Crippen molar-refractivity contribution in [2.45, 2.75) is 31.7 Å². The van der Waals surface area contributed by atoms with E-state index in [0.717, 1.165) is 25.7 Å². The fourth-order valence-corrected chi connectivity index (χ4v) is 3.45. The summed E-state index contributed by atoms with van der Waals surface area (Å²) in [7, 11) is 0. The molecule has 0 aromatic heterocycles. The van der Waals surface area contributed by atoms with E-state index in [1.165, 1.54) is 18.2 Å². The largest absolute Gasteiger partial charge is 0.349 e. The SMILES string of the molecule is O=C(CNC(=O)c1ccc(Cl)c(Cl)c1)Nc1ccc(C(=O)NC2CCCC2)cc1. The Labute approximate surface area is 179 Å². The molecule has 0 saturated heterocycles. The Morgan fingerprint density at radius 2 is 1.52 bits per heavy atom. The van der Waals surface area contributed by atoms with Crippen molar-refractivity contribution >= 4 is 46.6 Å². The highest BCUT2D eigenvalue weighted by Crippen LogP contribution is 2.22. The predicted molar refractivity (Wildman–Crippen MR) is 114 cm³/mol. The van der Waals surface area contributed by atoms with Gasteiger partial charge < -0.3 is 16.0 Å². The topological polar surface area (TPSA) is 87.3 Å². The van der Waals surface area contributed by atoms with Gasteiger partial charge in [0, 0.05) is 22.9 Å². The second-order valence-electron chi connectivity index (χ2n) is 6.89. The van der Waals surface area contributed by atoms with Gasteiger partial charge in [0.2, 0.25) is 5.91 Å². The molecule has 0 bridgehead atoms. The Morgan fingerprint density at radius 1 is 0.862 bits per heavy atom. The van der Waals surface area contributed by atoms with Crippen LogP contribution in [0.3, 0.4) is 0 Å². The maximum Gasteiger partial charge on any atom is 0.251 e. The quantitative estimate of drug-likeness (QED) is 0.642. The molecule has 0 aliphatic heterocycles. The van der Waals surface area contributed by atoms with Gasteiger partial charge in [-0.05, 0) is 55.3 Å². The van der Waals surface area contributed by atoms with Crippen LogP contribution in [0, 0.1) is 0 Å². The van der Waals surface area contributed by atoms with E-state index in [1.807, 2.05) is 0 Å². The van der Waals surface area contributed by atoms with Gasteiger partial charge in [0.15, 0.2) is 0 Å². The van der Waals surface area contributed by atoms with E-state index in [9.17, 15) is 14.4 Å². The van der Waals surface area contributed by atoms with E-state index in [2.05, 4.69) is 16.0 Å². The number of carbonyl (C=O) groups is 3. The second-order valence-corrected chi connectivity index (χ2v) is 7.71. The molecule has 0 unspecified atom stereocenters. The van der Waals surface area contributed by atoms with Gasteiger partial charge >= 0.3 is 0 Å². The molecule has 2 aromatic rings. The van der Waals surface area contributed by atoms with Crippen LogP contribution >= 0.6 is 23.2 Å². The zero-order valence-corrected chi connectivity index (χ0v) is 17.1. The standard InChI is InChI=1S/C21H21Cl2N3O3/c22-17-10-7-14(11-18(17)23)20(28)24-12-19(27)25-16-8-5-13(6-9-16)21(29)26-15-3-1-2-4-15/h5-11,15H,1-4,12H2,(H,24,28)(H,25,27)(H,26,29). The zero-order chi connectivity index (χ0) is 20.8. The van der Waals surface area contributed by atoms with Gasteiger partial charge in [0.25, 0.3) is 11.8 Å². The summed E-state index contributed by atoms with van der Waals surface area (Å²) in [5, 5.41) is 8.83. The molecule has 0 radical (unpaired) electrons. The van der Waals surface area contributed by atoms with Crippen molar-refractivity contribution in [3.8, 4) is 0 Å². The molecule has 1 saturated carbocycles. The Kier molecular flexibility index (Phi) is 7.12. The minimum atomic E-state index is -0.433. The molecule has 1 fully saturated rings. The molecule has 0 atom stereocenters. The van der Waals surface area contributed by atoms with Crippen LogP contribution in [0.4, 0.5) is 5.69 Å². The Bertz CT molecular complexity index is 910. The number of carbonyl (C=O) groups excluding carboxylic acids is 3. The summed E-state index contributed by atoms with van der Waals surface area (Å²) >= 11 is 11.7. The number of benzene rings is 2. The maximum absolute atomic E-state index is 12.2. The maximum atomic E-state index is 12.2. The third-order valence-corrected chi connectivity index (χ3v) is 5.45.